The molecule has 2 rings (SSSR count). The van der Waals surface area contributed by atoms with Gasteiger partial charge < -0.3 is 14.6 Å². The summed E-state index contributed by atoms with van der Waals surface area (Å²) < 4.78 is 11.5. The largest absolute Gasteiger partial charge is 0.492 e. The third kappa shape index (κ3) is 3.95. The van der Waals surface area contributed by atoms with E-state index >= 15 is 0 Å². The van der Waals surface area contributed by atoms with Gasteiger partial charge in [-0.05, 0) is 32.8 Å². The van der Waals surface area contributed by atoms with Crippen LogP contribution in [0.1, 0.15) is 64.0 Å². The maximum atomic E-state index is 10.9. The predicted molar refractivity (Wildman–Crippen MR) is 82.4 cm³/mol. The van der Waals surface area contributed by atoms with Crippen LogP contribution in [0.15, 0.2) is 18.5 Å². The topological polar surface area (TPSA) is 51.6 Å². The van der Waals surface area contributed by atoms with Gasteiger partial charge in [0.2, 0.25) is 0 Å². The molecule has 1 atom stereocenters. The average Bonchev–Trinajstić information content (AvgIpc) is 2.74. The lowest BCUT2D eigenvalue weighted by atomic mass is 9.84. The molecule has 1 aliphatic rings. The molecule has 0 aromatic carbocycles. The van der Waals surface area contributed by atoms with Gasteiger partial charge >= 0.3 is 0 Å². The highest BCUT2D eigenvalue weighted by Gasteiger charge is 2.40. The zero-order valence-corrected chi connectivity index (χ0v) is 13.2. The lowest BCUT2D eigenvalue weighted by Crippen LogP contribution is -2.39. The summed E-state index contributed by atoms with van der Waals surface area (Å²) in [5.74, 6) is 0.703. The van der Waals surface area contributed by atoms with Crippen molar-refractivity contribution in [3.8, 4) is 5.75 Å². The van der Waals surface area contributed by atoms with Crippen molar-refractivity contribution in [1.29, 1.82) is 0 Å². The number of hydrogen-bond acceptors (Lipinski definition) is 4. The summed E-state index contributed by atoms with van der Waals surface area (Å²) in [7, 11) is 0. The Balaban J connectivity index is 2.24. The molecular weight excluding hydrogens is 266 g/mol. The predicted octanol–water partition coefficient (Wildman–Crippen LogP) is 3.64. The summed E-state index contributed by atoms with van der Waals surface area (Å²) in [6.07, 6.45) is 9.22. The first-order valence-electron chi connectivity index (χ1n) is 8.11. The van der Waals surface area contributed by atoms with Gasteiger partial charge in [0.1, 0.15) is 11.9 Å². The fraction of sp³-hybridized carbons (Fsp3) is 0.706. The second-order valence-electron chi connectivity index (χ2n) is 5.70. The van der Waals surface area contributed by atoms with Gasteiger partial charge in [-0.15, -0.1) is 0 Å². The Morgan fingerprint density at radius 3 is 2.48 bits per heavy atom. The molecular formula is C17H27NO3. The van der Waals surface area contributed by atoms with E-state index in [-0.39, 0.29) is 0 Å². The van der Waals surface area contributed by atoms with E-state index < -0.39 is 11.7 Å². The van der Waals surface area contributed by atoms with E-state index in [0.29, 0.717) is 19.0 Å². The molecule has 1 aromatic rings. The first-order valence-corrected chi connectivity index (χ1v) is 8.11. The molecule has 118 valence electrons. The Bertz CT molecular complexity index is 428. The Morgan fingerprint density at radius 2 is 1.86 bits per heavy atom. The molecule has 21 heavy (non-hydrogen) atoms. The second-order valence-corrected chi connectivity index (χ2v) is 5.70. The van der Waals surface area contributed by atoms with E-state index in [1.165, 1.54) is 12.8 Å². The van der Waals surface area contributed by atoms with Gasteiger partial charge in [-0.3, -0.25) is 4.98 Å². The molecule has 0 radical (unpaired) electrons. The lowest BCUT2D eigenvalue weighted by molar-refractivity contribution is -0.131. The molecule has 0 saturated heterocycles. The molecule has 1 aromatic heterocycles. The van der Waals surface area contributed by atoms with Crippen LogP contribution in [0.2, 0.25) is 0 Å². The number of hydrogen-bond donors (Lipinski definition) is 1. The minimum atomic E-state index is -0.650. The Labute approximate surface area is 127 Å². The normalized spacial score (nSPS) is 19.8. The molecule has 1 N–H and O–H groups in total. The monoisotopic (exact) mass is 293 g/mol. The van der Waals surface area contributed by atoms with Crippen molar-refractivity contribution in [1.82, 2.24) is 4.98 Å². The molecule has 1 heterocycles. The van der Waals surface area contributed by atoms with Crippen LogP contribution in [0.5, 0.6) is 5.75 Å². The molecule has 0 aliphatic heterocycles. The Morgan fingerprint density at radius 1 is 1.14 bits per heavy atom. The minimum Gasteiger partial charge on any atom is -0.492 e. The number of ether oxygens (including phenoxy) is 2. The first-order chi connectivity index (χ1) is 10.2. The number of pyridine rings is 1. The zero-order chi connectivity index (χ0) is 15.1. The van der Waals surface area contributed by atoms with E-state index in [9.17, 15) is 5.11 Å². The van der Waals surface area contributed by atoms with Crippen molar-refractivity contribution < 1.29 is 14.6 Å². The number of nitrogens with zero attached hydrogens (tertiary/aromatic N) is 1. The summed E-state index contributed by atoms with van der Waals surface area (Å²) in [4.78, 5) is 4.19. The molecule has 4 nitrogen and oxygen atoms in total. The SMILES string of the molecule is CCOc1cncc(C(O)C2(OCC)CCCCCC2)c1. The minimum absolute atomic E-state index is 0.474. The lowest BCUT2D eigenvalue weighted by Gasteiger charge is -2.37. The molecule has 1 fully saturated rings. The average molecular weight is 293 g/mol. The van der Waals surface area contributed by atoms with Gasteiger partial charge in [0.15, 0.2) is 0 Å². The van der Waals surface area contributed by atoms with Crippen molar-refractivity contribution in [3.05, 3.63) is 24.0 Å². The van der Waals surface area contributed by atoms with Gasteiger partial charge in [-0.25, -0.2) is 0 Å². The summed E-state index contributed by atoms with van der Waals surface area (Å²) in [6.45, 7) is 5.15. The molecule has 0 amide bonds. The van der Waals surface area contributed by atoms with Crippen molar-refractivity contribution >= 4 is 0 Å². The highest BCUT2D eigenvalue weighted by molar-refractivity contribution is 5.27. The van der Waals surface area contributed by atoms with Gasteiger partial charge in [0.25, 0.3) is 0 Å². The van der Waals surface area contributed by atoms with Crippen LogP contribution in [0.25, 0.3) is 0 Å². The molecule has 1 aliphatic carbocycles. The van der Waals surface area contributed by atoms with Gasteiger partial charge in [0, 0.05) is 18.4 Å². The molecule has 0 bridgehead atoms. The van der Waals surface area contributed by atoms with Crippen LogP contribution >= 0.6 is 0 Å². The summed E-state index contributed by atoms with van der Waals surface area (Å²) in [5.41, 5.74) is 0.314. The van der Waals surface area contributed by atoms with Crippen LogP contribution in [0, 0.1) is 0 Å². The molecule has 0 spiro atoms. The maximum Gasteiger partial charge on any atom is 0.137 e. The van der Waals surface area contributed by atoms with Crippen LogP contribution < -0.4 is 4.74 Å². The fourth-order valence-electron chi connectivity index (χ4n) is 3.25. The van der Waals surface area contributed by atoms with E-state index in [0.717, 1.165) is 31.2 Å². The van der Waals surface area contributed by atoms with Crippen LogP contribution in [-0.2, 0) is 4.74 Å². The highest BCUT2D eigenvalue weighted by Crippen LogP contribution is 2.40. The number of aliphatic hydroxyl groups is 1. The van der Waals surface area contributed by atoms with Gasteiger partial charge in [0.05, 0.1) is 18.4 Å². The van der Waals surface area contributed by atoms with E-state index in [2.05, 4.69) is 4.98 Å². The van der Waals surface area contributed by atoms with Crippen LogP contribution in [-0.4, -0.2) is 28.9 Å². The van der Waals surface area contributed by atoms with Gasteiger partial charge in [-0.1, -0.05) is 25.7 Å². The third-order valence-corrected chi connectivity index (χ3v) is 4.24. The zero-order valence-electron chi connectivity index (χ0n) is 13.2. The summed E-state index contributed by atoms with van der Waals surface area (Å²) >= 11 is 0. The smallest absolute Gasteiger partial charge is 0.137 e. The van der Waals surface area contributed by atoms with Crippen molar-refractivity contribution in [2.45, 2.75) is 64.1 Å². The van der Waals surface area contributed by atoms with E-state index in [1.54, 1.807) is 12.4 Å². The van der Waals surface area contributed by atoms with Crippen molar-refractivity contribution in [2.24, 2.45) is 0 Å². The van der Waals surface area contributed by atoms with Crippen molar-refractivity contribution in [3.63, 3.8) is 0 Å². The van der Waals surface area contributed by atoms with Crippen molar-refractivity contribution in [2.75, 3.05) is 13.2 Å². The summed E-state index contributed by atoms with van der Waals surface area (Å²) in [5, 5.41) is 10.9. The van der Waals surface area contributed by atoms with Crippen LogP contribution in [0.4, 0.5) is 0 Å². The first kappa shape index (κ1) is 16.2. The second kappa shape index (κ2) is 7.76. The number of aromatic nitrogens is 1. The third-order valence-electron chi connectivity index (χ3n) is 4.24. The molecule has 1 saturated carbocycles. The maximum absolute atomic E-state index is 10.9. The number of rotatable bonds is 6. The fourth-order valence-corrected chi connectivity index (χ4v) is 3.25. The Hall–Kier alpha value is -1.13. The van der Waals surface area contributed by atoms with E-state index in [4.69, 9.17) is 9.47 Å². The number of aliphatic hydroxyl groups excluding tert-OH is 1. The van der Waals surface area contributed by atoms with Crippen LogP contribution in [0.3, 0.4) is 0 Å². The van der Waals surface area contributed by atoms with E-state index in [1.807, 2.05) is 19.9 Å². The Kier molecular flexibility index (Phi) is 6.00. The summed E-state index contributed by atoms with van der Waals surface area (Å²) in [6, 6.07) is 1.88. The van der Waals surface area contributed by atoms with Gasteiger partial charge in [-0.2, -0.15) is 0 Å². The molecule has 4 heteroatoms. The quantitative estimate of drug-likeness (QED) is 0.814. The highest BCUT2D eigenvalue weighted by atomic mass is 16.5. The standard InChI is InChI=1S/C17H27NO3/c1-3-20-15-11-14(12-18-13-15)16(19)17(21-4-2)9-7-5-6-8-10-17/h11-13,16,19H,3-10H2,1-2H3. The molecule has 1 unspecified atom stereocenters.